The molecule has 1 N–H and O–H groups in total. The van der Waals surface area contributed by atoms with Crippen molar-refractivity contribution < 1.29 is 17.0 Å². The molecule has 19 heavy (non-hydrogen) atoms. The Kier molecular flexibility index (Phi) is 9.40. The molecule has 5 heteroatoms. The molecule has 1 heterocycles. The Bertz CT molecular complexity index is 258. The highest BCUT2D eigenvalue weighted by Crippen LogP contribution is 2.20. The van der Waals surface area contributed by atoms with Gasteiger partial charge in [-0.05, 0) is 40.5 Å². The Morgan fingerprint density at radius 3 is 2.05 bits per heavy atom. The first kappa shape index (κ1) is 18.7. The largest absolute Gasteiger partial charge is 1.00 e. The van der Waals surface area contributed by atoms with Crippen molar-refractivity contribution in [1.82, 2.24) is 10.3 Å². The van der Waals surface area contributed by atoms with Gasteiger partial charge in [0.2, 0.25) is 0 Å². The maximum Gasteiger partial charge on any atom is 0.317 e. The van der Waals surface area contributed by atoms with Crippen LogP contribution in [0.2, 0.25) is 0 Å². The van der Waals surface area contributed by atoms with Crippen LogP contribution in [0.25, 0.3) is 0 Å². The van der Waals surface area contributed by atoms with E-state index in [9.17, 15) is 0 Å². The van der Waals surface area contributed by atoms with Crippen LogP contribution < -0.4 is 17.7 Å². The third-order valence-corrected chi connectivity index (χ3v) is 3.96. The van der Waals surface area contributed by atoms with Crippen LogP contribution in [0.3, 0.4) is 0 Å². The molecule has 0 bridgehead atoms. The lowest BCUT2D eigenvalue weighted by molar-refractivity contribution is -0.959. The minimum Gasteiger partial charge on any atom is -1.00 e. The number of hydrogen-bond acceptors (Lipinski definition) is 2. The minimum atomic E-state index is 0. The summed E-state index contributed by atoms with van der Waals surface area (Å²) in [6, 6.07) is 0. The van der Waals surface area contributed by atoms with E-state index < -0.39 is 0 Å². The average Bonchev–Trinajstić information content (AvgIpc) is 2.42. The van der Waals surface area contributed by atoms with Crippen LogP contribution in [-0.4, -0.2) is 54.8 Å². The molecule has 0 aromatic rings. The van der Waals surface area contributed by atoms with Gasteiger partial charge in [0.15, 0.2) is 0 Å². The molecular weight excluding hydrogens is 260 g/mol. The van der Waals surface area contributed by atoms with Gasteiger partial charge in [-0.1, -0.05) is 6.42 Å². The molecule has 0 radical (unpaired) electrons. The predicted octanol–water partition coefficient (Wildman–Crippen LogP) is -0.767. The van der Waals surface area contributed by atoms with E-state index in [2.05, 4.69) is 38.0 Å². The van der Waals surface area contributed by atoms with Gasteiger partial charge in [0.05, 0.1) is 0 Å². The lowest BCUT2D eigenvalue weighted by Crippen LogP contribution is -3.00. The molecule has 1 fully saturated rings. The van der Waals surface area contributed by atoms with Crippen LogP contribution in [-0.2, 0) is 0 Å². The maximum atomic E-state index is 4.74. The van der Waals surface area contributed by atoms with E-state index in [4.69, 9.17) is 4.99 Å². The number of halogens is 1. The summed E-state index contributed by atoms with van der Waals surface area (Å²) < 4.78 is 0.904. The van der Waals surface area contributed by atoms with Crippen LogP contribution >= 0.6 is 0 Å². The third kappa shape index (κ3) is 4.33. The molecule has 0 aromatic carbocycles. The van der Waals surface area contributed by atoms with Crippen molar-refractivity contribution in [3.63, 3.8) is 0 Å². The zero-order valence-corrected chi connectivity index (χ0v) is 13.8. The molecule has 0 aliphatic carbocycles. The highest BCUT2D eigenvalue weighted by atomic mass is 35.5. The van der Waals surface area contributed by atoms with Crippen molar-refractivity contribution in [3.05, 3.63) is 0 Å². The summed E-state index contributed by atoms with van der Waals surface area (Å²) in [5, 5.41) is 6.12. The average molecular weight is 291 g/mol. The quantitative estimate of drug-likeness (QED) is 0.409. The van der Waals surface area contributed by atoms with Crippen LogP contribution in [0.1, 0.15) is 47.0 Å². The van der Waals surface area contributed by atoms with E-state index >= 15 is 0 Å². The third-order valence-electron chi connectivity index (χ3n) is 3.96. The zero-order chi connectivity index (χ0) is 13.4. The molecule has 4 nitrogen and oxygen atoms in total. The fraction of sp³-hybridized carbons (Fsp3) is 0.929. The molecule has 0 saturated carbocycles. The van der Waals surface area contributed by atoms with E-state index in [-0.39, 0.29) is 12.4 Å². The van der Waals surface area contributed by atoms with Crippen LogP contribution in [0, 0.1) is 0 Å². The number of guanidine groups is 1. The number of rotatable bonds is 5. The minimum absolute atomic E-state index is 0. The van der Waals surface area contributed by atoms with Gasteiger partial charge in [-0.2, -0.15) is 4.59 Å². The van der Waals surface area contributed by atoms with Crippen molar-refractivity contribution in [3.8, 4) is 0 Å². The summed E-state index contributed by atoms with van der Waals surface area (Å²) in [4.78, 5) is 4.74. The second-order valence-corrected chi connectivity index (χ2v) is 4.90. The van der Waals surface area contributed by atoms with Crippen molar-refractivity contribution >= 4 is 5.96 Å². The Labute approximate surface area is 125 Å². The fourth-order valence-corrected chi connectivity index (χ4v) is 2.96. The molecule has 114 valence electrons. The van der Waals surface area contributed by atoms with Crippen molar-refractivity contribution in [2.45, 2.75) is 47.0 Å². The van der Waals surface area contributed by atoms with Gasteiger partial charge >= 0.3 is 5.96 Å². The fourth-order valence-electron chi connectivity index (χ4n) is 2.96. The molecule has 1 aliphatic rings. The first-order valence-electron chi connectivity index (χ1n) is 7.66. The SMILES string of the molecule is CCN=C(NCC)[N+](CC)(CC)N1CCCCC1.[Cl-]. The summed E-state index contributed by atoms with van der Waals surface area (Å²) in [6.07, 6.45) is 4.03. The van der Waals surface area contributed by atoms with E-state index in [0.29, 0.717) is 0 Å². The molecule has 0 amide bonds. The number of quaternary nitrogens is 1. The molecule has 0 atom stereocenters. The number of piperidine rings is 1. The summed E-state index contributed by atoms with van der Waals surface area (Å²) in [5.41, 5.74) is 0. The standard InChI is InChI=1S/C14H31N4.ClH/c1-5-15-14(16-6-2)18(7-3,8-4)17-12-10-9-11-13-17;/h5-13H2,1-4H3,(H,15,16);1H/q+1;/p-1. The molecule has 1 aliphatic heterocycles. The number of hydrogen-bond donors (Lipinski definition) is 1. The molecule has 0 aromatic heterocycles. The lowest BCUT2D eigenvalue weighted by atomic mass is 10.1. The zero-order valence-electron chi connectivity index (χ0n) is 13.1. The summed E-state index contributed by atoms with van der Waals surface area (Å²) >= 11 is 0. The van der Waals surface area contributed by atoms with Gasteiger partial charge in [-0.15, -0.1) is 5.01 Å². The van der Waals surface area contributed by atoms with Gasteiger partial charge in [-0.25, -0.2) is 4.99 Å². The Hall–Kier alpha value is -0.320. The Balaban J connectivity index is 0.00000324. The van der Waals surface area contributed by atoms with Gasteiger partial charge in [0, 0.05) is 26.2 Å². The smallest absolute Gasteiger partial charge is 0.317 e. The van der Waals surface area contributed by atoms with Gasteiger partial charge in [0.1, 0.15) is 13.1 Å². The first-order chi connectivity index (χ1) is 8.75. The van der Waals surface area contributed by atoms with Gasteiger partial charge in [0.25, 0.3) is 0 Å². The van der Waals surface area contributed by atoms with Crippen molar-refractivity contribution in [1.29, 1.82) is 0 Å². The van der Waals surface area contributed by atoms with Crippen molar-refractivity contribution in [2.75, 3.05) is 39.3 Å². The second kappa shape index (κ2) is 9.56. The second-order valence-electron chi connectivity index (χ2n) is 4.90. The number of aliphatic imine (C=N–C) groups is 1. The highest BCUT2D eigenvalue weighted by Gasteiger charge is 2.38. The summed E-state index contributed by atoms with van der Waals surface area (Å²) in [7, 11) is 0. The molecule has 1 rings (SSSR count). The predicted molar refractivity (Wildman–Crippen MR) is 78.4 cm³/mol. The summed E-state index contributed by atoms with van der Waals surface area (Å²) in [5.74, 6) is 1.16. The number of nitrogens with zero attached hydrogens (tertiary/aromatic N) is 3. The topological polar surface area (TPSA) is 27.6 Å². The Morgan fingerprint density at radius 1 is 1.05 bits per heavy atom. The van der Waals surface area contributed by atoms with Gasteiger partial charge in [-0.3, -0.25) is 0 Å². The molecule has 0 spiro atoms. The van der Waals surface area contributed by atoms with E-state index in [1.54, 1.807) is 0 Å². The summed E-state index contributed by atoms with van der Waals surface area (Å²) in [6.45, 7) is 15.2. The first-order valence-corrected chi connectivity index (χ1v) is 7.66. The van der Waals surface area contributed by atoms with Crippen molar-refractivity contribution in [2.24, 2.45) is 4.99 Å². The van der Waals surface area contributed by atoms with E-state index in [1.807, 2.05) is 0 Å². The molecule has 1 saturated heterocycles. The normalized spacial score (nSPS) is 18.0. The van der Waals surface area contributed by atoms with Gasteiger partial charge < -0.3 is 17.7 Å². The maximum absolute atomic E-state index is 4.74. The molecule has 0 unspecified atom stereocenters. The highest BCUT2D eigenvalue weighted by molar-refractivity contribution is 5.72. The van der Waals surface area contributed by atoms with Crippen LogP contribution in [0.5, 0.6) is 0 Å². The van der Waals surface area contributed by atoms with E-state index in [1.165, 1.54) is 32.4 Å². The van der Waals surface area contributed by atoms with Crippen LogP contribution in [0.15, 0.2) is 4.99 Å². The Morgan fingerprint density at radius 2 is 1.63 bits per heavy atom. The monoisotopic (exact) mass is 290 g/mol. The molecular formula is C14H31ClN4. The van der Waals surface area contributed by atoms with E-state index in [0.717, 1.165) is 36.7 Å². The van der Waals surface area contributed by atoms with Crippen LogP contribution in [0.4, 0.5) is 0 Å². The lowest BCUT2D eigenvalue weighted by Gasteiger charge is -2.45. The number of nitrogens with one attached hydrogen (secondary N) is 1.